The number of hydrogen-bond acceptors (Lipinski definition) is 2. The molecular formula is C13H18ClNO2. The molecule has 2 heterocycles. The molecule has 4 heteroatoms. The second-order valence-corrected chi connectivity index (χ2v) is 4.94. The lowest BCUT2D eigenvalue weighted by Gasteiger charge is -2.34. The zero-order chi connectivity index (χ0) is 12.4. The van der Waals surface area contributed by atoms with E-state index >= 15 is 0 Å². The number of likely N-dealkylation sites (tertiary alicyclic amines) is 1. The van der Waals surface area contributed by atoms with Crippen molar-refractivity contribution in [1.82, 2.24) is 4.90 Å². The summed E-state index contributed by atoms with van der Waals surface area (Å²) in [6.07, 6.45) is 3.23. The molecule has 1 aliphatic rings. The van der Waals surface area contributed by atoms with E-state index in [1.54, 1.807) is 0 Å². The Labute approximate surface area is 107 Å². The van der Waals surface area contributed by atoms with Gasteiger partial charge in [0.25, 0.3) is 5.91 Å². The highest BCUT2D eigenvalue weighted by Crippen LogP contribution is 2.23. The first-order valence-electron chi connectivity index (χ1n) is 6.07. The maximum atomic E-state index is 12.4. The summed E-state index contributed by atoms with van der Waals surface area (Å²) in [7, 11) is 0. The van der Waals surface area contributed by atoms with Gasteiger partial charge < -0.3 is 9.32 Å². The Balaban J connectivity index is 2.21. The fraction of sp³-hybridized carbons (Fsp3) is 0.615. The molecule has 1 saturated heterocycles. The van der Waals surface area contributed by atoms with Crippen LogP contribution in [0.5, 0.6) is 0 Å². The SMILES string of the molecule is Cc1cc(C(=O)N2CCCCC2CCl)c(C)o1. The third-order valence-corrected chi connectivity index (χ3v) is 3.69. The van der Waals surface area contributed by atoms with Crippen LogP contribution in [0.3, 0.4) is 0 Å². The van der Waals surface area contributed by atoms with Gasteiger partial charge in [-0.25, -0.2) is 0 Å². The molecular weight excluding hydrogens is 238 g/mol. The van der Waals surface area contributed by atoms with Crippen molar-refractivity contribution in [2.75, 3.05) is 12.4 Å². The van der Waals surface area contributed by atoms with Crippen molar-refractivity contribution >= 4 is 17.5 Å². The van der Waals surface area contributed by atoms with Gasteiger partial charge in [-0.15, -0.1) is 11.6 Å². The monoisotopic (exact) mass is 255 g/mol. The number of alkyl halides is 1. The second-order valence-electron chi connectivity index (χ2n) is 4.63. The van der Waals surface area contributed by atoms with E-state index in [4.69, 9.17) is 16.0 Å². The topological polar surface area (TPSA) is 33.5 Å². The predicted octanol–water partition coefficient (Wildman–Crippen LogP) is 3.13. The highest BCUT2D eigenvalue weighted by atomic mass is 35.5. The quantitative estimate of drug-likeness (QED) is 0.761. The molecule has 2 rings (SSSR count). The Hall–Kier alpha value is -0.960. The smallest absolute Gasteiger partial charge is 0.257 e. The fourth-order valence-corrected chi connectivity index (χ4v) is 2.75. The highest BCUT2D eigenvalue weighted by molar-refractivity contribution is 6.18. The molecule has 1 atom stereocenters. The first kappa shape index (κ1) is 12.5. The summed E-state index contributed by atoms with van der Waals surface area (Å²) in [5.41, 5.74) is 0.680. The minimum Gasteiger partial charge on any atom is -0.466 e. The van der Waals surface area contributed by atoms with Crippen molar-refractivity contribution in [3.05, 3.63) is 23.2 Å². The summed E-state index contributed by atoms with van der Waals surface area (Å²) in [5, 5.41) is 0. The summed E-state index contributed by atoms with van der Waals surface area (Å²) in [6, 6.07) is 1.99. The van der Waals surface area contributed by atoms with Crippen LogP contribution in [0.4, 0.5) is 0 Å². The van der Waals surface area contributed by atoms with Gasteiger partial charge in [0.1, 0.15) is 11.5 Å². The molecule has 0 aliphatic carbocycles. The van der Waals surface area contributed by atoms with Gasteiger partial charge in [-0.05, 0) is 39.2 Å². The van der Waals surface area contributed by atoms with Gasteiger partial charge in [-0.2, -0.15) is 0 Å². The van der Waals surface area contributed by atoms with E-state index in [1.807, 2.05) is 24.8 Å². The molecule has 94 valence electrons. The summed E-state index contributed by atoms with van der Waals surface area (Å²) in [4.78, 5) is 14.3. The number of aryl methyl sites for hydroxylation is 2. The molecule has 1 aliphatic heterocycles. The van der Waals surface area contributed by atoms with E-state index < -0.39 is 0 Å². The van der Waals surface area contributed by atoms with Crippen molar-refractivity contribution < 1.29 is 9.21 Å². The van der Waals surface area contributed by atoms with E-state index in [1.165, 1.54) is 0 Å². The molecule has 0 N–H and O–H groups in total. The van der Waals surface area contributed by atoms with E-state index in [9.17, 15) is 4.79 Å². The van der Waals surface area contributed by atoms with Gasteiger partial charge in [-0.1, -0.05) is 0 Å². The molecule has 0 spiro atoms. The second kappa shape index (κ2) is 5.13. The Kier molecular flexibility index (Phi) is 3.77. The maximum absolute atomic E-state index is 12.4. The standard InChI is InChI=1S/C13H18ClNO2/c1-9-7-12(10(2)17-9)13(16)15-6-4-3-5-11(15)8-14/h7,11H,3-6,8H2,1-2H3. The molecule has 1 aromatic heterocycles. The van der Waals surface area contributed by atoms with Gasteiger partial charge in [0.2, 0.25) is 0 Å². The average Bonchev–Trinajstić information content (AvgIpc) is 2.67. The van der Waals surface area contributed by atoms with Crippen LogP contribution in [0.15, 0.2) is 10.5 Å². The van der Waals surface area contributed by atoms with Crippen molar-refractivity contribution in [3.63, 3.8) is 0 Å². The van der Waals surface area contributed by atoms with Crippen molar-refractivity contribution in [2.24, 2.45) is 0 Å². The van der Waals surface area contributed by atoms with Crippen LogP contribution in [-0.2, 0) is 0 Å². The number of amides is 1. The molecule has 0 radical (unpaired) electrons. The Morgan fingerprint density at radius 1 is 1.53 bits per heavy atom. The zero-order valence-electron chi connectivity index (χ0n) is 10.3. The molecule has 1 aromatic rings. The number of halogens is 1. The van der Waals surface area contributed by atoms with Crippen LogP contribution in [-0.4, -0.2) is 29.3 Å². The number of rotatable bonds is 2. The average molecular weight is 256 g/mol. The lowest BCUT2D eigenvalue weighted by molar-refractivity contribution is 0.0637. The van der Waals surface area contributed by atoms with E-state index in [0.717, 1.165) is 31.6 Å². The van der Waals surface area contributed by atoms with Gasteiger partial charge in [-0.3, -0.25) is 4.79 Å². The van der Waals surface area contributed by atoms with Crippen molar-refractivity contribution in [2.45, 2.75) is 39.2 Å². The fourth-order valence-electron chi connectivity index (χ4n) is 2.43. The van der Waals surface area contributed by atoms with E-state index in [2.05, 4.69) is 0 Å². The van der Waals surface area contributed by atoms with Crippen LogP contribution in [0, 0.1) is 13.8 Å². The third-order valence-electron chi connectivity index (χ3n) is 3.34. The third kappa shape index (κ3) is 2.49. The molecule has 0 saturated carbocycles. The molecule has 0 bridgehead atoms. The van der Waals surface area contributed by atoms with Crippen LogP contribution >= 0.6 is 11.6 Å². The lowest BCUT2D eigenvalue weighted by Crippen LogP contribution is -2.44. The molecule has 0 aromatic carbocycles. The number of furan rings is 1. The van der Waals surface area contributed by atoms with Crippen LogP contribution < -0.4 is 0 Å². The highest BCUT2D eigenvalue weighted by Gasteiger charge is 2.28. The summed E-state index contributed by atoms with van der Waals surface area (Å²) in [6.45, 7) is 4.50. The summed E-state index contributed by atoms with van der Waals surface area (Å²) in [5.74, 6) is 2.06. The summed E-state index contributed by atoms with van der Waals surface area (Å²) >= 11 is 5.93. The molecule has 3 nitrogen and oxygen atoms in total. The molecule has 1 fully saturated rings. The molecule has 1 unspecified atom stereocenters. The van der Waals surface area contributed by atoms with Crippen LogP contribution in [0.2, 0.25) is 0 Å². The summed E-state index contributed by atoms with van der Waals surface area (Å²) < 4.78 is 5.41. The predicted molar refractivity (Wildman–Crippen MR) is 67.6 cm³/mol. The Morgan fingerprint density at radius 2 is 2.29 bits per heavy atom. The largest absolute Gasteiger partial charge is 0.466 e. The number of carbonyl (C=O) groups excluding carboxylic acids is 1. The normalized spacial score (nSPS) is 20.6. The first-order valence-corrected chi connectivity index (χ1v) is 6.61. The molecule has 1 amide bonds. The number of piperidine rings is 1. The van der Waals surface area contributed by atoms with Crippen molar-refractivity contribution in [1.29, 1.82) is 0 Å². The molecule has 17 heavy (non-hydrogen) atoms. The maximum Gasteiger partial charge on any atom is 0.257 e. The number of nitrogens with zero attached hydrogens (tertiary/aromatic N) is 1. The minimum atomic E-state index is 0.0599. The van der Waals surface area contributed by atoms with Gasteiger partial charge in [0, 0.05) is 18.5 Å². The Morgan fingerprint density at radius 3 is 2.88 bits per heavy atom. The Bertz CT molecular complexity index is 414. The lowest BCUT2D eigenvalue weighted by atomic mass is 10.0. The number of hydrogen-bond donors (Lipinski definition) is 0. The van der Waals surface area contributed by atoms with Gasteiger partial charge in [0.15, 0.2) is 0 Å². The first-order chi connectivity index (χ1) is 8.13. The zero-order valence-corrected chi connectivity index (χ0v) is 11.1. The van der Waals surface area contributed by atoms with Crippen LogP contribution in [0.1, 0.15) is 41.1 Å². The minimum absolute atomic E-state index is 0.0599. The van der Waals surface area contributed by atoms with Crippen molar-refractivity contribution in [3.8, 4) is 0 Å². The van der Waals surface area contributed by atoms with E-state index in [-0.39, 0.29) is 11.9 Å². The van der Waals surface area contributed by atoms with Gasteiger partial charge in [0.05, 0.1) is 5.56 Å². The van der Waals surface area contributed by atoms with Gasteiger partial charge >= 0.3 is 0 Å². The van der Waals surface area contributed by atoms with Crippen LogP contribution in [0.25, 0.3) is 0 Å². The number of carbonyl (C=O) groups is 1. The van der Waals surface area contributed by atoms with E-state index in [0.29, 0.717) is 17.2 Å².